The molecule has 8 nitrogen and oxygen atoms in total. The maximum absolute atomic E-state index is 12.1. The van der Waals surface area contributed by atoms with Crippen LogP contribution in [0.25, 0.3) is 0 Å². The molecule has 24 heavy (non-hydrogen) atoms. The van der Waals surface area contributed by atoms with Crippen molar-refractivity contribution in [1.82, 2.24) is 20.1 Å². The lowest BCUT2D eigenvalue weighted by Gasteiger charge is -2.34. The van der Waals surface area contributed by atoms with Crippen molar-refractivity contribution in [2.45, 2.75) is 20.3 Å². The van der Waals surface area contributed by atoms with Crippen molar-refractivity contribution in [3.63, 3.8) is 0 Å². The van der Waals surface area contributed by atoms with E-state index in [0.717, 1.165) is 0 Å². The SMILES string of the molecule is CC(=O)N1CCN(C(=O)CCNC(=O)c2c[nH]cc(C)c2=O)CC1. The van der Waals surface area contributed by atoms with Crippen LogP contribution in [-0.2, 0) is 9.59 Å². The first-order valence-corrected chi connectivity index (χ1v) is 7.89. The fraction of sp³-hybridized carbons (Fsp3) is 0.500. The van der Waals surface area contributed by atoms with Crippen molar-refractivity contribution in [2.24, 2.45) is 0 Å². The Bertz CT molecular complexity index is 690. The summed E-state index contributed by atoms with van der Waals surface area (Å²) in [5.74, 6) is -0.552. The molecule has 8 heteroatoms. The van der Waals surface area contributed by atoms with Gasteiger partial charge in [-0.05, 0) is 6.92 Å². The zero-order valence-electron chi connectivity index (χ0n) is 13.9. The van der Waals surface area contributed by atoms with Crippen molar-refractivity contribution in [3.8, 4) is 0 Å². The summed E-state index contributed by atoms with van der Waals surface area (Å²) in [5.41, 5.74) is 0.178. The van der Waals surface area contributed by atoms with Crippen LogP contribution in [0.4, 0.5) is 0 Å². The number of hydrogen-bond acceptors (Lipinski definition) is 4. The zero-order valence-corrected chi connectivity index (χ0v) is 13.9. The third-order valence-corrected chi connectivity index (χ3v) is 4.08. The number of piperazine rings is 1. The Hall–Kier alpha value is -2.64. The van der Waals surface area contributed by atoms with Gasteiger partial charge in [0, 0.05) is 64.0 Å². The molecule has 130 valence electrons. The second-order valence-electron chi connectivity index (χ2n) is 5.77. The van der Waals surface area contributed by atoms with E-state index in [-0.39, 0.29) is 35.8 Å². The molecule has 3 amide bonds. The van der Waals surface area contributed by atoms with Crippen molar-refractivity contribution < 1.29 is 14.4 Å². The van der Waals surface area contributed by atoms with Gasteiger partial charge < -0.3 is 20.1 Å². The first-order valence-electron chi connectivity index (χ1n) is 7.89. The minimum absolute atomic E-state index is 0.0118. The minimum atomic E-state index is -0.492. The number of amides is 3. The summed E-state index contributed by atoms with van der Waals surface area (Å²) in [7, 11) is 0. The number of pyridine rings is 1. The highest BCUT2D eigenvalue weighted by atomic mass is 16.2. The molecule has 1 fully saturated rings. The van der Waals surface area contributed by atoms with Gasteiger partial charge in [-0.15, -0.1) is 0 Å². The summed E-state index contributed by atoms with van der Waals surface area (Å²) in [4.78, 5) is 53.4. The molecule has 1 saturated heterocycles. The van der Waals surface area contributed by atoms with Gasteiger partial charge in [0.1, 0.15) is 5.56 Å². The summed E-state index contributed by atoms with van der Waals surface area (Å²) in [5, 5.41) is 2.59. The molecule has 0 unspecified atom stereocenters. The van der Waals surface area contributed by atoms with Gasteiger partial charge in [0.25, 0.3) is 5.91 Å². The van der Waals surface area contributed by atoms with Crippen LogP contribution in [0.15, 0.2) is 17.2 Å². The van der Waals surface area contributed by atoms with Crippen LogP contribution in [0.1, 0.15) is 29.3 Å². The van der Waals surface area contributed by atoms with E-state index in [9.17, 15) is 19.2 Å². The highest BCUT2D eigenvalue weighted by molar-refractivity contribution is 5.94. The quantitative estimate of drug-likeness (QED) is 0.774. The van der Waals surface area contributed by atoms with Crippen LogP contribution in [0.3, 0.4) is 0 Å². The van der Waals surface area contributed by atoms with Gasteiger partial charge in [0.2, 0.25) is 11.8 Å². The normalized spacial score (nSPS) is 14.4. The Balaban J connectivity index is 1.79. The predicted octanol–water partition coefficient (Wildman–Crippen LogP) is -0.506. The number of nitrogens with zero attached hydrogens (tertiary/aromatic N) is 2. The van der Waals surface area contributed by atoms with Gasteiger partial charge in [-0.2, -0.15) is 0 Å². The smallest absolute Gasteiger partial charge is 0.256 e. The number of hydrogen-bond donors (Lipinski definition) is 2. The van der Waals surface area contributed by atoms with Crippen molar-refractivity contribution in [3.05, 3.63) is 33.7 Å². The standard InChI is InChI=1S/C16H22N4O4/c1-11-9-17-10-13(15(11)23)16(24)18-4-3-14(22)20-7-5-19(6-8-20)12(2)21/h9-10H,3-8H2,1-2H3,(H,17,23)(H,18,24). The van der Waals surface area contributed by atoms with Crippen LogP contribution in [0, 0.1) is 6.92 Å². The van der Waals surface area contributed by atoms with E-state index in [1.54, 1.807) is 16.7 Å². The molecule has 1 aliphatic rings. The molecule has 0 aromatic carbocycles. The van der Waals surface area contributed by atoms with E-state index in [0.29, 0.717) is 31.7 Å². The predicted molar refractivity (Wildman–Crippen MR) is 87.6 cm³/mol. The highest BCUT2D eigenvalue weighted by Gasteiger charge is 2.22. The average Bonchev–Trinajstić information content (AvgIpc) is 2.57. The summed E-state index contributed by atoms with van der Waals surface area (Å²) < 4.78 is 0. The Morgan fingerprint density at radius 1 is 1.12 bits per heavy atom. The molecule has 0 saturated carbocycles. The zero-order chi connectivity index (χ0) is 17.7. The van der Waals surface area contributed by atoms with E-state index >= 15 is 0 Å². The molecule has 2 rings (SSSR count). The molecule has 0 spiro atoms. The maximum Gasteiger partial charge on any atom is 0.256 e. The monoisotopic (exact) mass is 334 g/mol. The maximum atomic E-state index is 12.1. The van der Waals surface area contributed by atoms with Crippen LogP contribution < -0.4 is 10.7 Å². The summed E-state index contributed by atoms with van der Waals surface area (Å²) >= 11 is 0. The molecular formula is C16H22N4O4. The van der Waals surface area contributed by atoms with E-state index < -0.39 is 5.91 Å². The number of H-pyrrole nitrogens is 1. The number of carbonyl (C=O) groups is 3. The van der Waals surface area contributed by atoms with E-state index in [1.165, 1.54) is 19.3 Å². The lowest BCUT2D eigenvalue weighted by atomic mass is 10.2. The number of rotatable bonds is 4. The number of carbonyl (C=O) groups excluding carboxylic acids is 3. The van der Waals surface area contributed by atoms with Gasteiger partial charge in [-0.3, -0.25) is 19.2 Å². The molecule has 2 heterocycles. The van der Waals surface area contributed by atoms with Gasteiger partial charge >= 0.3 is 0 Å². The number of nitrogens with one attached hydrogen (secondary N) is 2. The summed E-state index contributed by atoms with van der Waals surface area (Å²) in [6.45, 7) is 5.38. The molecule has 0 aliphatic carbocycles. The molecular weight excluding hydrogens is 312 g/mol. The summed E-state index contributed by atoms with van der Waals surface area (Å²) in [6, 6.07) is 0. The molecule has 1 aromatic rings. The molecule has 0 radical (unpaired) electrons. The molecule has 2 N–H and O–H groups in total. The lowest BCUT2D eigenvalue weighted by molar-refractivity contribution is -0.138. The second kappa shape index (κ2) is 7.76. The third-order valence-electron chi connectivity index (χ3n) is 4.08. The lowest BCUT2D eigenvalue weighted by Crippen LogP contribution is -2.50. The number of aryl methyl sites for hydroxylation is 1. The molecule has 1 aliphatic heterocycles. The van der Waals surface area contributed by atoms with Gasteiger partial charge in [0.15, 0.2) is 5.43 Å². The van der Waals surface area contributed by atoms with Gasteiger partial charge in [0.05, 0.1) is 0 Å². The summed E-state index contributed by atoms with van der Waals surface area (Å²) in [6.07, 6.45) is 3.05. The van der Waals surface area contributed by atoms with E-state index in [4.69, 9.17) is 0 Å². The molecule has 1 aromatic heterocycles. The van der Waals surface area contributed by atoms with Crippen LogP contribution in [0.2, 0.25) is 0 Å². The fourth-order valence-corrected chi connectivity index (χ4v) is 2.57. The van der Waals surface area contributed by atoms with Crippen LogP contribution in [-0.4, -0.2) is 65.2 Å². The van der Waals surface area contributed by atoms with Crippen LogP contribution in [0.5, 0.6) is 0 Å². The van der Waals surface area contributed by atoms with Crippen molar-refractivity contribution in [1.29, 1.82) is 0 Å². The Morgan fingerprint density at radius 2 is 1.75 bits per heavy atom. The van der Waals surface area contributed by atoms with Crippen LogP contribution >= 0.6 is 0 Å². The second-order valence-corrected chi connectivity index (χ2v) is 5.77. The number of aromatic nitrogens is 1. The van der Waals surface area contributed by atoms with Gasteiger partial charge in [-0.25, -0.2) is 0 Å². The number of aromatic amines is 1. The van der Waals surface area contributed by atoms with Gasteiger partial charge in [-0.1, -0.05) is 0 Å². The Morgan fingerprint density at radius 3 is 2.38 bits per heavy atom. The highest BCUT2D eigenvalue weighted by Crippen LogP contribution is 2.04. The molecule has 0 atom stereocenters. The Kier molecular flexibility index (Phi) is 5.73. The van der Waals surface area contributed by atoms with E-state index in [1.807, 2.05) is 0 Å². The van der Waals surface area contributed by atoms with Crippen molar-refractivity contribution in [2.75, 3.05) is 32.7 Å². The Labute approximate surface area is 139 Å². The first kappa shape index (κ1) is 17.7. The minimum Gasteiger partial charge on any atom is -0.366 e. The molecule has 0 bridgehead atoms. The topological polar surface area (TPSA) is 103 Å². The van der Waals surface area contributed by atoms with Crippen molar-refractivity contribution >= 4 is 17.7 Å². The fourth-order valence-electron chi connectivity index (χ4n) is 2.57. The largest absolute Gasteiger partial charge is 0.366 e. The first-order chi connectivity index (χ1) is 11.4. The van der Waals surface area contributed by atoms with E-state index in [2.05, 4.69) is 10.3 Å². The average molecular weight is 334 g/mol. The third kappa shape index (κ3) is 4.21.